The Bertz CT molecular complexity index is 1140. The molecular weight excluding hydrogens is 444 g/mol. The Balaban J connectivity index is 1.57. The minimum absolute atomic E-state index is 0.0511. The lowest BCUT2D eigenvalue weighted by atomic mass is 10.1. The first kappa shape index (κ1) is 22.4. The standard InChI is InChI=1S/C23H26N4O3S2/c1-14-8-10-18(13-24-14)27-32(29)20-12-17(9-11-19(20)30-3)21-15(2)25-23(31-21)26-22(28)16-6-4-5-7-16/h8-13,16,27H,4-7H2,1-3H3,(H,25,26,28). The zero-order chi connectivity index (χ0) is 22.7. The van der Waals surface area contributed by atoms with Crippen LogP contribution in [0.2, 0.25) is 0 Å². The maximum atomic E-state index is 13.1. The number of rotatable bonds is 7. The number of aromatic nitrogens is 2. The van der Waals surface area contributed by atoms with E-state index >= 15 is 0 Å². The molecule has 4 rings (SSSR count). The Morgan fingerprint density at radius 2 is 1.97 bits per heavy atom. The molecule has 1 aliphatic rings. The van der Waals surface area contributed by atoms with Crippen molar-refractivity contribution in [2.45, 2.75) is 44.4 Å². The fraction of sp³-hybridized carbons (Fsp3) is 0.348. The Hall–Kier alpha value is -2.78. The van der Waals surface area contributed by atoms with Crippen molar-refractivity contribution in [3.63, 3.8) is 0 Å². The maximum absolute atomic E-state index is 13.1. The van der Waals surface area contributed by atoms with Gasteiger partial charge in [0.25, 0.3) is 0 Å². The van der Waals surface area contributed by atoms with Crippen molar-refractivity contribution in [2.24, 2.45) is 5.92 Å². The number of aryl methyl sites for hydroxylation is 2. The molecule has 1 aliphatic carbocycles. The second-order valence-electron chi connectivity index (χ2n) is 7.83. The van der Waals surface area contributed by atoms with Gasteiger partial charge in [-0.05, 0) is 62.6 Å². The van der Waals surface area contributed by atoms with Crippen LogP contribution in [0.25, 0.3) is 10.4 Å². The number of anilines is 2. The number of ether oxygens (including phenoxy) is 1. The molecular formula is C23H26N4O3S2. The monoisotopic (exact) mass is 470 g/mol. The van der Waals surface area contributed by atoms with Crippen LogP contribution in [0.15, 0.2) is 41.4 Å². The molecule has 168 valence electrons. The third kappa shape index (κ3) is 4.99. The fourth-order valence-corrected chi connectivity index (χ4v) is 5.74. The lowest BCUT2D eigenvalue weighted by Gasteiger charge is -2.12. The first-order valence-electron chi connectivity index (χ1n) is 10.5. The van der Waals surface area contributed by atoms with E-state index in [2.05, 4.69) is 20.0 Å². The molecule has 0 aliphatic heterocycles. The fourth-order valence-electron chi connectivity index (χ4n) is 3.77. The van der Waals surface area contributed by atoms with Crippen molar-refractivity contribution in [3.05, 3.63) is 47.9 Å². The molecule has 0 spiro atoms. The van der Waals surface area contributed by atoms with E-state index in [-0.39, 0.29) is 11.8 Å². The van der Waals surface area contributed by atoms with Crippen LogP contribution < -0.4 is 14.8 Å². The van der Waals surface area contributed by atoms with Gasteiger partial charge in [0.2, 0.25) is 5.91 Å². The molecule has 32 heavy (non-hydrogen) atoms. The molecule has 1 unspecified atom stereocenters. The smallest absolute Gasteiger partial charge is 0.229 e. The molecule has 1 saturated carbocycles. The normalized spacial score (nSPS) is 14.8. The summed E-state index contributed by atoms with van der Waals surface area (Å²) in [6.07, 6.45) is 5.76. The highest BCUT2D eigenvalue weighted by molar-refractivity contribution is 7.86. The zero-order valence-electron chi connectivity index (χ0n) is 18.3. The Morgan fingerprint density at radius 1 is 1.19 bits per heavy atom. The van der Waals surface area contributed by atoms with E-state index in [0.29, 0.717) is 21.5 Å². The maximum Gasteiger partial charge on any atom is 0.229 e. The number of amides is 1. The molecule has 0 radical (unpaired) electrons. The van der Waals surface area contributed by atoms with Gasteiger partial charge in [0.05, 0.1) is 29.6 Å². The lowest BCUT2D eigenvalue weighted by Crippen LogP contribution is -2.20. The summed E-state index contributed by atoms with van der Waals surface area (Å²) in [6, 6.07) is 9.24. The van der Waals surface area contributed by atoms with Crippen LogP contribution in [0.5, 0.6) is 5.75 Å². The predicted octanol–water partition coefficient (Wildman–Crippen LogP) is 5.09. The zero-order valence-corrected chi connectivity index (χ0v) is 19.9. The molecule has 2 aromatic heterocycles. The van der Waals surface area contributed by atoms with Crippen LogP contribution in [-0.4, -0.2) is 27.2 Å². The number of nitrogens with one attached hydrogen (secondary N) is 2. The van der Waals surface area contributed by atoms with E-state index in [1.165, 1.54) is 11.3 Å². The van der Waals surface area contributed by atoms with Crippen molar-refractivity contribution in [3.8, 4) is 16.2 Å². The average molecular weight is 471 g/mol. The second kappa shape index (κ2) is 9.79. The summed E-state index contributed by atoms with van der Waals surface area (Å²) >= 11 is 1.43. The Morgan fingerprint density at radius 3 is 2.66 bits per heavy atom. The predicted molar refractivity (Wildman–Crippen MR) is 128 cm³/mol. The number of pyridine rings is 1. The minimum Gasteiger partial charge on any atom is -0.495 e. The van der Waals surface area contributed by atoms with Crippen LogP contribution in [-0.2, 0) is 15.8 Å². The number of nitrogens with zero attached hydrogens (tertiary/aromatic N) is 2. The first-order valence-corrected chi connectivity index (χ1v) is 12.5. The first-order chi connectivity index (χ1) is 15.4. The topological polar surface area (TPSA) is 93.2 Å². The number of methoxy groups -OCH3 is 1. The van der Waals surface area contributed by atoms with E-state index in [1.54, 1.807) is 19.4 Å². The Kier molecular flexibility index (Phi) is 6.86. The van der Waals surface area contributed by atoms with Gasteiger partial charge in [-0.25, -0.2) is 9.19 Å². The summed E-state index contributed by atoms with van der Waals surface area (Å²) in [5.41, 5.74) is 3.23. The SMILES string of the molecule is COc1ccc(-c2sc(NC(=O)C3CCCC3)nc2C)cc1S(=O)Nc1ccc(C)nc1. The van der Waals surface area contributed by atoms with E-state index in [9.17, 15) is 9.00 Å². The summed E-state index contributed by atoms with van der Waals surface area (Å²) in [6.45, 7) is 3.81. The summed E-state index contributed by atoms with van der Waals surface area (Å²) in [5, 5.41) is 3.57. The van der Waals surface area contributed by atoms with E-state index in [1.807, 2.05) is 38.1 Å². The van der Waals surface area contributed by atoms with Crippen LogP contribution in [0.3, 0.4) is 0 Å². The van der Waals surface area contributed by atoms with Gasteiger partial charge >= 0.3 is 0 Å². The van der Waals surface area contributed by atoms with Crippen molar-refractivity contribution in [1.29, 1.82) is 0 Å². The summed E-state index contributed by atoms with van der Waals surface area (Å²) in [7, 11) is 0.00561. The molecule has 7 nitrogen and oxygen atoms in total. The van der Waals surface area contributed by atoms with Gasteiger partial charge in [0.15, 0.2) is 16.1 Å². The largest absolute Gasteiger partial charge is 0.495 e. The highest BCUT2D eigenvalue weighted by Crippen LogP contribution is 2.37. The van der Waals surface area contributed by atoms with Gasteiger partial charge in [0.1, 0.15) is 10.6 Å². The quantitative estimate of drug-likeness (QED) is 0.501. The summed E-state index contributed by atoms with van der Waals surface area (Å²) < 4.78 is 21.5. The molecule has 1 aromatic carbocycles. The molecule has 1 fully saturated rings. The van der Waals surface area contributed by atoms with Gasteiger partial charge in [-0.2, -0.15) is 0 Å². The molecule has 2 heterocycles. The molecule has 1 atom stereocenters. The number of benzene rings is 1. The van der Waals surface area contributed by atoms with E-state index < -0.39 is 11.0 Å². The number of hydrogen-bond acceptors (Lipinski definition) is 6. The van der Waals surface area contributed by atoms with Crippen LogP contribution in [0.4, 0.5) is 10.8 Å². The third-order valence-corrected chi connectivity index (χ3v) is 7.76. The van der Waals surface area contributed by atoms with Gasteiger partial charge in [-0.1, -0.05) is 24.2 Å². The van der Waals surface area contributed by atoms with Crippen molar-refractivity contribution in [2.75, 3.05) is 17.1 Å². The summed E-state index contributed by atoms with van der Waals surface area (Å²) in [5.74, 6) is 0.659. The molecule has 0 bridgehead atoms. The molecule has 0 saturated heterocycles. The summed E-state index contributed by atoms with van der Waals surface area (Å²) in [4.78, 5) is 22.7. The molecule has 3 aromatic rings. The number of carbonyl (C=O) groups excluding carboxylic acids is 1. The van der Waals surface area contributed by atoms with Gasteiger partial charge in [0, 0.05) is 11.6 Å². The highest BCUT2D eigenvalue weighted by Gasteiger charge is 2.24. The third-order valence-electron chi connectivity index (χ3n) is 5.50. The average Bonchev–Trinajstić information content (AvgIpc) is 3.45. The number of thiazole rings is 1. The van der Waals surface area contributed by atoms with Crippen LogP contribution in [0, 0.1) is 19.8 Å². The van der Waals surface area contributed by atoms with Crippen LogP contribution >= 0.6 is 11.3 Å². The second-order valence-corrected chi connectivity index (χ2v) is 10.0. The van der Waals surface area contributed by atoms with E-state index in [4.69, 9.17) is 4.74 Å². The number of hydrogen-bond donors (Lipinski definition) is 2. The van der Waals surface area contributed by atoms with Gasteiger partial charge < -0.3 is 10.1 Å². The molecule has 2 N–H and O–H groups in total. The van der Waals surface area contributed by atoms with Crippen molar-refractivity contribution >= 4 is 39.0 Å². The lowest BCUT2D eigenvalue weighted by molar-refractivity contribution is -0.119. The highest BCUT2D eigenvalue weighted by atomic mass is 32.2. The van der Waals surface area contributed by atoms with Crippen molar-refractivity contribution in [1.82, 2.24) is 9.97 Å². The van der Waals surface area contributed by atoms with Crippen LogP contribution in [0.1, 0.15) is 37.1 Å². The van der Waals surface area contributed by atoms with E-state index in [0.717, 1.165) is 47.5 Å². The Labute approximate surface area is 194 Å². The number of carbonyl (C=O) groups is 1. The van der Waals surface area contributed by atoms with Gasteiger partial charge in [-0.3, -0.25) is 14.5 Å². The van der Waals surface area contributed by atoms with Gasteiger partial charge in [-0.15, -0.1) is 0 Å². The molecule has 9 heteroatoms. The van der Waals surface area contributed by atoms with Crippen molar-refractivity contribution < 1.29 is 13.7 Å². The minimum atomic E-state index is -1.55. The molecule has 1 amide bonds.